The van der Waals surface area contributed by atoms with E-state index < -0.39 is 16.6 Å². The maximum absolute atomic E-state index is 11.9. The normalized spacial score (nSPS) is 14.0. The lowest BCUT2D eigenvalue weighted by Gasteiger charge is -2.28. The molecule has 0 bridgehead atoms. The highest BCUT2D eigenvalue weighted by Gasteiger charge is 2.26. The van der Waals surface area contributed by atoms with Gasteiger partial charge in [-0.15, -0.1) is 0 Å². The molecule has 4 nitrogen and oxygen atoms in total. The van der Waals surface area contributed by atoms with Crippen LogP contribution in [0.1, 0.15) is 26.7 Å². The third kappa shape index (κ3) is 9.55. The van der Waals surface area contributed by atoms with Crippen molar-refractivity contribution in [3.05, 3.63) is 0 Å². The van der Waals surface area contributed by atoms with Gasteiger partial charge >= 0.3 is 6.09 Å². The van der Waals surface area contributed by atoms with Crippen LogP contribution in [0, 0.1) is 0 Å². The summed E-state index contributed by atoms with van der Waals surface area (Å²) in [5.41, 5.74) is 0. The van der Waals surface area contributed by atoms with Crippen molar-refractivity contribution in [1.82, 2.24) is 4.90 Å². The van der Waals surface area contributed by atoms with Gasteiger partial charge in [-0.05, 0) is 58.5 Å². The highest BCUT2D eigenvalue weighted by Crippen LogP contribution is 2.17. The van der Waals surface area contributed by atoms with Crippen molar-refractivity contribution in [3.63, 3.8) is 0 Å². The minimum Gasteiger partial charge on any atom is -0.504 e. The zero-order valence-electron chi connectivity index (χ0n) is 14.6. The first kappa shape index (κ1) is 19.7. The number of hydrogen-bond donors (Lipinski definition) is 0. The van der Waals surface area contributed by atoms with E-state index in [-0.39, 0.29) is 6.09 Å². The summed E-state index contributed by atoms with van der Waals surface area (Å²) in [6.07, 6.45) is 2.18. The summed E-state index contributed by atoms with van der Waals surface area (Å²) in [7, 11) is -1.59. The number of nitrogens with zero attached hydrogens (tertiary/aromatic N) is 1. The maximum atomic E-state index is 11.9. The Morgan fingerprint density at radius 3 is 2.20 bits per heavy atom. The Kier molecular flexibility index (Phi) is 8.05. The smallest absolute Gasteiger partial charge is 0.395 e. The fourth-order valence-corrected chi connectivity index (χ4v) is 4.92. The Bertz CT molecular complexity index is 303. The molecule has 0 radical (unpaired) electrons. The molecule has 0 fully saturated rings. The van der Waals surface area contributed by atoms with Crippen molar-refractivity contribution >= 4 is 22.7 Å². The first-order valence-electron chi connectivity index (χ1n) is 7.59. The number of carbonyl (C=O) groups is 1. The van der Waals surface area contributed by atoms with Gasteiger partial charge in [-0.2, -0.15) is 0 Å². The Labute approximate surface area is 127 Å². The molecule has 0 saturated heterocycles. The van der Waals surface area contributed by atoms with Crippen molar-refractivity contribution in [3.8, 4) is 0 Å². The molecule has 0 aliphatic carbocycles. The van der Waals surface area contributed by atoms with Crippen LogP contribution in [0.3, 0.4) is 0 Å². The summed E-state index contributed by atoms with van der Waals surface area (Å²) in [6, 6.07) is 1.07. The van der Waals surface area contributed by atoms with E-state index in [2.05, 4.69) is 26.9 Å². The van der Waals surface area contributed by atoms with Gasteiger partial charge < -0.3 is 13.8 Å². The van der Waals surface area contributed by atoms with Gasteiger partial charge in [0.25, 0.3) is 0 Å². The minimum absolute atomic E-state index is 0.188. The Morgan fingerprint density at radius 1 is 1.20 bits per heavy atom. The number of carbonyl (C=O) groups excluding carboxylic acids is 1. The quantitative estimate of drug-likeness (QED) is 0.626. The molecule has 120 valence electrons. The predicted octanol–water partition coefficient (Wildman–Crippen LogP) is 4.30. The van der Waals surface area contributed by atoms with E-state index in [1.807, 2.05) is 26.7 Å². The lowest BCUT2D eigenvalue weighted by molar-refractivity contribution is 0.160. The van der Waals surface area contributed by atoms with Gasteiger partial charge in [0.15, 0.2) is 8.32 Å². The van der Waals surface area contributed by atoms with Gasteiger partial charge in [0.05, 0.1) is 0 Å². The topological polar surface area (TPSA) is 38.8 Å². The molecule has 0 aromatic carbocycles. The zero-order valence-corrected chi connectivity index (χ0v) is 16.6. The summed E-state index contributed by atoms with van der Waals surface area (Å²) in [4.78, 5) is 13.5. The Hall–Kier alpha value is -0.336. The highest BCUT2D eigenvalue weighted by molar-refractivity contribution is 6.71. The standard InChI is InChI=1S/C14H33NO3Si2/c1-9-13(2)17-20(7,8)12-10-11-15(3)14(16)18-19(4,5)6/h13H,9-12H2,1-8H3. The van der Waals surface area contributed by atoms with E-state index in [4.69, 9.17) is 8.85 Å². The van der Waals surface area contributed by atoms with Crippen LogP contribution in [0.25, 0.3) is 0 Å². The van der Waals surface area contributed by atoms with E-state index in [1.165, 1.54) is 0 Å². The molecule has 0 aromatic heterocycles. The van der Waals surface area contributed by atoms with Crippen molar-refractivity contribution in [2.75, 3.05) is 13.6 Å². The number of amides is 1. The molecule has 0 aliphatic rings. The van der Waals surface area contributed by atoms with Crippen LogP contribution in [0.2, 0.25) is 38.8 Å². The largest absolute Gasteiger partial charge is 0.504 e. The van der Waals surface area contributed by atoms with Gasteiger partial charge in [0, 0.05) is 19.7 Å². The van der Waals surface area contributed by atoms with Crippen LogP contribution in [0.15, 0.2) is 0 Å². The summed E-state index contributed by atoms with van der Waals surface area (Å²) >= 11 is 0. The monoisotopic (exact) mass is 319 g/mol. The van der Waals surface area contributed by atoms with Crippen molar-refractivity contribution in [2.45, 2.75) is 71.6 Å². The molecular weight excluding hydrogens is 286 g/mol. The molecule has 1 unspecified atom stereocenters. The molecule has 0 spiro atoms. The van der Waals surface area contributed by atoms with Crippen LogP contribution < -0.4 is 0 Å². The number of rotatable bonds is 8. The fourth-order valence-electron chi connectivity index (χ4n) is 1.86. The van der Waals surface area contributed by atoms with E-state index in [0.717, 1.165) is 25.4 Å². The van der Waals surface area contributed by atoms with Crippen molar-refractivity contribution in [2.24, 2.45) is 0 Å². The lowest BCUT2D eigenvalue weighted by Crippen LogP contribution is -2.39. The molecule has 1 atom stereocenters. The fraction of sp³-hybridized carbons (Fsp3) is 0.929. The third-order valence-electron chi connectivity index (χ3n) is 3.07. The molecule has 0 heterocycles. The van der Waals surface area contributed by atoms with E-state index in [1.54, 1.807) is 4.90 Å². The van der Waals surface area contributed by atoms with E-state index >= 15 is 0 Å². The van der Waals surface area contributed by atoms with Crippen LogP contribution in [-0.2, 0) is 8.85 Å². The highest BCUT2D eigenvalue weighted by atomic mass is 28.4. The van der Waals surface area contributed by atoms with Crippen molar-refractivity contribution in [1.29, 1.82) is 0 Å². The van der Waals surface area contributed by atoms with Crippen LogP contribution in [0.5, 0.6) is 0 Å². The second-order valence-electron chi connectivity index (χ2n) is 7.10. The summed E-state index contributed by atoms with van der Waals surface area (Å²) < 4.78 is 11.6. The third-order valence-corrected chi connectivity index (χ3v) is 6.46. The average molecular weight is 320 g/mol. The Morgan fingerprint density at radius 2 is 1.75 bits per heavy atom. The molecule has 0 aromatic rings. The summed E-state index contributed by atoms with van der Waals surface area (Å²) in [5, 5.41) is 0. The van der Waals surface area contributed by atoms with Gasteiger partial charge in [0.1, 0.15) is 0 Å². The van der Waals surface area contributed by atoms with E-state index in [9.17, 15) is 4.79 Å². The molecule has 6 heteroatoms. The molecule has 20 heavy (non-hydrogen) atoms. The van der Waals surface area contributed by atoms with Gasteiger partial charge in [-0.1, -0.05) is 6.92 Å². The lowest BCUT2D eigenvalue weighted by atomic mass is 10.3. The zero-order chi connectivity index (χ0) is 16.0. The minimum atomic E-state index is -1.79. The SMILES string of the molecule is CCC(C)O[Si](C)(C)CCCN(C)C(=O)O[Si](C)(C)C. The van der Waals surface area contributed by atoms with Gasteiger partial charge in [-0.25, -0.2) is 4.79 Å². The molecule has 0 saturated carbocycles. The number of hydrogen-bond acceptors (Lipinski definition) is 3. The maximum Gasteiger partial charge on any atom is 0.395 e. The first-order valence-corrected chi connectivity index (χ1v) is 14.1. The summed E-state index contributed by atoms with van der Waals surface area (Å²) in [6.45, 7) is 15.6. The Balaban J connectivity index is 4.07. The van der Waals surface area contributed by atoms with Crippen LogP contribution in [-0.4, -0.2) is 47.3 Å². The summed E-state index contributed by atoms with van der Waals surface area (Å²) in [5.74, 6) is 0. The first-order chi connectivity index (χ1) is 8.97. The molecular formula is C14H33NO3Si2. The van der Waals surface area contributed by atoms with Crippen molar-refractivity contribution < 1.29 is 13.6 Å². The second-order valence-corrected chi connectivity index (χ2v) is 15.8. The molecule has 1 amide bonds. The van der Waals surface area contributed by atoms with Gasteiger partial charge in [0.2, 0.25) is 8.32 Å². The molecule has 0 rings (SSSR count). The average Bonchev–Trinajstić information content (AvgIpc) is 2.25. The second kappa shape index (κ2) is 8.19. The molecule has 0 N–H and O–H groups in total. The van der Waals surface area contributed by atoms with Crippen LogP contribution >= 0.6 is 0 Å². The predicted molar refractivity (Wildman–Crippen MR) is 90.2 cm³/mol. The molecule has 0 aliphatic heterocycles. The van der Waals surface area contributed by atoms with E-state index in [0.29, 0.717) is 6.10 Å². The van der Waals surface area contributed by atoms with Gasteiger partial charge in [-0.3, -0.25) is 0 Å². The van der Waals surface area contributed by atoms with Crippen LogP contribution in [0.4, 0.5) is 4.79 Å².